The van der Waals surface area contributed by atoms with E-state index in [-0.39, 0.29) is 12.5 Å². The SMILES string of the molecule is CCCC1CC(C(=O)O)C(=O)N1[C@@H](CC)C(N)=O. The number of amides is 2. The molecule has 1 fully saturated rings. The number of hydrogen-bond acceptors (Lipinski definition) is 3. The second kappa shape index (κ2) is 5.84. The zero-order valence-electron chi connectivity index (χ0n) is 10.8. The number of nitrogens with zero attached hydrogens (tertiary/aromatic N) is 1. The van der Waals surface area contributed by atoms with Gasteiger partial charge in [0.15, 0.2) is 0 Å². The van der Waals surface area contributed by atoms with Gasteiger partial charge in [-0.25, -0.2) is 0 Å². The lowest BCUT2D eigenvalue weighted by atomic mass is 10.0. The van der Waals surface area contributed by atoms with E-state index in [1.807, 2.05) is 6.92 Å². The first kappa shape index (κ1) is 14.5. The van der Waals surface area contributed by atoms with Crippen molar-refractivity contribution in [2.75, 3.05) is 0 Å². The van der Waals surface area contributed by atoms with Gasteiger partial charge in [0.05, 0.1) is 0 Å². The largest absolute Gasteiger partial charge is 0.481 e. The Kier molecular flexibility index (Phi) is 4.69. The molecule has 0 aromatic rings. The van der Waals surface area contributed by atoms with Crippen molar-refractivity contribution in [3.8, 4) is 0 Å². The number of aliphatic carboxylic acids is 1. The first-order chi connectivity index (χ1) is 8.43. The van der Waals surface area contributed by atoms with Gasteiger partial charge in [-0.1, -0.05) is 20.3 Å². The number of carbonyl (C=O) groups excluding carboxylic acids is 2. The zero-order chi connectivity index (χ0) is 13.9. The average molecular weight is 256 g/mol. The summed E-state index contributed by atoms with van der Waals surface area (Å²) in [5.41, 5.74) is 5.29. The van der Waals surface area contributed by atoms with Crippen molar-refractivity contribution >= 4 is 17.8 Å². The third kappa shape index (κ3) is 2.63. The van der Waals surface area contributed by atoms with Crippen molar-refractivity contribution in [1.82, 2.24) is 4.90 Å². The fraction of sp³-hybridized carbons (Fsp3) is 0.750. The predicted octanol–water partition coefficient (Wildman–Crippen LogP) is 0.352. The van der Waals surface area contributed by atoms with Crippen LogP contribution in [0.2, 0.25) is 0 Å². The number of nitrogens with two attached hydrogens (primary N) is 1. The molecule has 0 radical (unpaired) electrons. The lowest BCUT2D eigenvalue weighted by Crippen LogP contribution is -2.49. The highest BCUT2D eigenvalue weighted by molar-refractivity contribution is 6.00. The Bertz CT molecular complexity index is 356. The van der Waals surface area contributed by atoms with Crippen LogP contribution in [0.15, 0.2) is 0 Å². The van der Waals surface area contributed by atoms with E-state index in [4.69, 9.17) is 10.8 Å². The van der Waals surface area contributed by atoms with Crippen molar-refractivity contribution in [3.63, 3.8) is 0 Å². The van der Waals surface area contributed by atoms with Gasteiger partial charge in [0.25, 0.3) is 0 Å². The molecule has 2 unspecified atom stereocenters. The molecule has 0 aromatic heterocycles. The van der Waals surface area contributed by atoms with Crippen molar-refractivity contribution < 1.29 is 19.5 Å². The van der Waals surface area contributed by atoms with Crippen LogP contribution in [0.25, 0.3) is 0 Å². The van der Waals surface area contributed by atoms with Crippen LogP contribution in [0.1, 0.15) is 39.5 Å². The van der Waals surface area contributed by atoms with E-state index in [9.17, 15) is 14.4 Å². The Morgan fingerprint density at radius 3 is 2.50 bits per heavy atom. The molecule has 0 saturated carbocycles. The molecule has 1 saturated heterocycles. The van der Waals surface area contributed by atoms with Gasteiger partial charge in [-0.3, -0.25) is 14.4 Å². The fourth-order valence-corrected chi connectivity index (χ4v) is 2.59. The van der Waals surface area contributed by atoms with Crippen LogP contribution in [0, 0.1) is 5.92 Å². The molecule has 1 heterocycles. The summed E-state index contributed by atoms with van der Waals surface area (Å²) in [6.07, 6.45) is 2.20. The van der Waals surface area contributed by atoms with Gasteiger partial charge in [0.2, 0.25) is 11.8 Å². The van der Waals surface area contributed by atoms with Crippen molar-refractivity contribution in [2.45, 2.75) is 51.6 Å². The maximum atomic E-state index is 12.1. The van der Waals surface area contributed by atoms with Gasteiger partial charge in [-0.2, -0.15) is 0 Å². The van der Waals surface area contributed by atoms with Crippen molar-refractivity contribution in [1.29, 1.82) is 0 Å². The minimum absolute atomic E-state index is 0.193. The average Bonchev–Trinajstić information content (AvgIpc) is 2.59. The van der Waals surface area contributed by atoms with Gasteiger partial charge < -0.3 is 15.7 Å². The molecule has 0 aliphatic carbocycles. The molecule has 2 amide bonds. The lowest BCUT2D eigenvalue weighted by molar-refractivity contribution is -0.150. The minimum Gasteiger partial charge on any atom is -0.481 e. The lowest BCUT2D eigenvalue weighted by Gasteiger charge is -2.30. The molecule has 102 valence electrons. The molecule has 18 heavy (non-hydrogen) atoms. The molecule has 0 aromatic carbocycles. The molecule has 0 spiro atoms. The number of rotatable bonds is 6. The topological polar surface area (TPSA) is 101 Å². The molecular formula is C12H20N2O4. The van der Waals surface area contributed by atoms with Crippen LogP contribution < -0.4 is 5.73 Å². The van der Waals surface area contributed by atoms with Crippen LogP contribution in [0.4, 0.5) is 0 Å². The van der Waals surface area contributed by atoms with E-state index in [0.717, 1.165) is 6.42 Å². The summed E-state index contributed by atoms with van der Waals surface area (Å²) in [7, 11) is 0. The smallest absolute Gasteiger partial charge is 0.316 e. The summed E-state index contributed by atoms with van der Waals surface area (Å²) in [5.74, 6) is -3.21. The van der Waals surface area contributed by atoms with Crippen LogP contribution in [-0.4, -0.2) is 39.9 Å². The number of carboxylic acid groups (broad SMARTS) is 1. The number of carbonyl (C=O) groups is 3. The molecule has 1 aliphatic rings. The van der Waals surface area contributed by atoms with Crippen molar-refractivity contribution in [3.05, 3.63) is 0 Å². The molecule has 3 atom stereocenters. The maximum Gasteiger partial charge on any atom is 0.316 e. The Labute approximate surface area is 106 Å². The number of carboxylic acids is 1. The third-order valence-electron chi connectivity index (χ3n) is 3.42. The highest BCUT2D eigenvalue weighted by Gasteiger charge is 2.46. The minimum atomic E-state index is -1.12. The molecule has 3 N–H and O–H groups in total. The van der Waals surface area contributed by atoms with Crippen molar-refractivity contribution in [2.24, 2.45) is 11.7 Å². The Hall–Kier alpha value is -1.59. The normalized spacial score (nSPS) is 25.2. The summed E-state index contributed by atoms with van der Waals surface area (Å²) in [5, 5.41) is 9.02. The molecule has 6 heteroatoms. The van der Waals surface area contributed by atoms with Crippen LogP contribution in [-0.2, 0) is 14.4 Å². The quantitative estimate of drug-likeness (QED) is 0.670. The Balaban J connectivity index is 2.99. The zero-order valence-corrected chi connectivity index (χ0v) is 10.8. The van der Waals surface area contributed by atoms with E-state index in [0.29, 0.717) is 12.8 Å². The predicted molar refractivity (Wildman–Crippen MR) is 64.6 cm³/mol. The van der Waals surface area contributed by atoms with Gasteiger partial charge >= 0.3 is 5.97 Å². The van der Waals surface area contributed by atoms with Gasteiger partial charge in [-0.15, -0.1) is 0 Å². The third-order valence-corrected chi connectivity index (χ3v) is 3.42. The van der Waals surface area contributed by atoms with Crippen LogP contribution >= 0.6 is 0 Å². The summed E-state index contributed by atoms with van der Waals surface area (Å²) >= 11 is 0. The highest BCUT2D eigenvalue weighted by atomic mass is 16.4. The first-order valence-electron chi connectivity index (χ1n) is 6.28. The number of hydrogen-bond donors (Lipinski definition) is 2. The van der Waals surface area contributed by atoms with Gasteiger partial charge in [0.1, 0.15) is 12.0 Å². The maximum absolute atomic E-state index is 12.1. The number of likely N-dealkylation sites (tertiary alicyclic amines) is 1. The van der Waals surface area contributed by atoms with E-state index in [2.05, 4.69) is 0 Å². The van der Waals surface area contributed by atoms with E-state index in [1.165, 1.54) is 4.90 Å². The van der Waals surface area contributed by atoms with Crippen LogP contribution in [0.3, 0.4) is 0 Å². The highest BCUT2D eigenvalue weighted by Crippen LogP contribution is 2.30. The Morgan fingerprint density at radius 1 is 1.50 bits per heavy atom. The second-order valence-electron chi connectivity index (χ2n) is 4.64. The molecule has 6 nitrogen and oxygen atoms in total. The van der Waals surface area contributed by atoms with E-state index < -0.39 is 29.7 Å². The molecule has 1 rings (SSSR count). The molecule has 1 aliphatic heterocycles. The Morgan fingerprint density at radius 2 is 2.11 bits per heavy atom. The van der Waals surface area contributed by atoms with E-state index in [1.54, 1.807) is 6.92 Å². The monoisotopic (exact) mass is 256 g/mol. The summed E-state index contributed by atoms with van der Waals surface area (Å²) in [6.45, 7) is 3.72. The summed E-state index contributed by atoms with van der Waals surface area (Å²) in [4.78, 5) is 35.9. The first-order valence-corrected chi connectivity index (χ1v) is 6.28. The fourth-order valence-electron chi connectivity index (χ4n) is 2.59. The summed E-state index contributed by atoms with van der Waals surface area (Å²) < 4.78 is 0. The second-order valence-corrected chi connectivity index (χ2v) is 4.64. The van der Waals surface area contributed by atoms with Gasteiger partial charge in [-0.05, 0) is 19.3 Å². The van der Waals surface area contributed by atoms with Crippen LogP contribution in [0.5, 0.6) is 0 Å². The van der Waals surface area contributed by atoms with Gasteiger partial charge in [0, 0.05) is 6.04 Å². The van der Waals surface area contributed by atoms with E-state index >= 15 is 0 Å². The standard InChI is InChI=1S/C12H20N2O4/c1-3-5-7-6-8(12(17)18)11(16)14(7)9(4-2)10(13)15/h7-9H,3-6H2,1-2H3,(H2,13,15)(H,17,18)/t7?,8?,9-/m0/s1. The molecular weight excluding hydrogens is 236 g/mol. The summed E-state index contributed by atoms with van der Waals surface area (Å²) in [6, 6.07) is -0.889. The molecule has 0 bridgehead atoms. The number of primary amides is 1.